The van der Waals surface area contributed by atoms with Gasteiger partial charge < -0.3 is 15.7 Å². The number of benzene rings is 1. The van der Waals surface area contributed by atoms with Gasteiger partial charge in [-0.2, -0.15) is 0 Å². The molecule has 0 unspecified atom stereocenters. The van der Waals surface area contributed by atoms with Gasteiger partial charge in [-0.15, -0.1) is 0 Å². The molecule has 0 fully saturated rings. The number of nitrogens with two attached hydrogens (primary N) is 1. The van der Waals surface area contributed by atoms with Crippen LogP contribution in [0.3, 0.4) is 0 Å². The average Bonchev–Trinajstić information content (AvgIpc) is 2.41. The van der Waals surface area contributed by atoms with Gasteiger partial charge >= 0.3 is 0 Å². The molecule has 0 spiro atoms. The monoisotopic (exact) mass is 385 g/mol. The van der Waals surface area contributed by atoms with Crippen molar-refractivity contribution in [3.63, 3.8) is 0 Å². The summed E-state index contributed by atoms with van der Waals surface area (Å²) in [5, 5.41) is 11.7. The van der Waals surface area contributed by atoms with Gasteiger partial charge in [0.15, 0.2) is 17.3 Å². The van der Waals surface area contributed by atoms with Crippen molar-refractivity contribution < 1.29 is 9.94 Å². The molecule has 0 saturated heterocycles. The molecule has 0 aliphatic rings. The Labute approximate surface area is 126 Å². The molecule has 3 N–H and O–H groups in total. The maximum atomic E-state index is 8.72. The standard InChI is InChI=1S/C12H9Br2N3O2/c13-7-3-4-9(8(14)6-7)19-10-2-1-5-16-11(10)12(15)17-18/h1-6,18H,(H2,15,17). The van der Waals surface area contributed by atoms with Crippen LogP contribution in [0.5, 0.6) is 11.5 Å². The number of hydrogen-bond acceptors (Lipinski definition) is 4. The van der Waals surface area contributed by atoms with Crippen LogP contribution >= 0.6 is 31.9 Å². The number of oxime groups is 1. The first kappa shape index (κ1) is 13.8. The second-order valence-electron chi connectivity index (χ2n) is 3.51. The van der Waals surface area contributed by atoms with Crippen LogP contribution in [0.2, 0.25) is 0 Å². The largest absolute Gasteiger partial charge is 0.454 e. The van der Waals surface area contributed by atoms with Crippen molar-refractivity contribution in [3.8, 4) is 11.5 Å². The number of hydrogen-bond donors (Lipinski definition) is 2. The molecule has 19 heavy (non-hydrogen) atoms. The highest BCUT2D eigenvalue weighted by molar-refractivity contribution is 9.11. The molecule has 1 aromatic heterocycles. The van der Waals surface area contributed by atoms with Gasteiger partial charge in [0, 0.05) is 10.7 Å². The summed E-state index contributed by atoms with van der Waals surface area (Å²) in [5.41, 5.74) is 5.83. The van der Waals surface area contributed by atoms with E-state index in [0.717, 1.165) is 8.95 Å². The van der Waals surface area contributed by atoms with E-state index in [4.69, 9.17) is 15.7 Å². The van der Waals surface area contributed by atoms with E-state index >= 15 is 0 Å². The van der Waals surface area contributed by atoms with Crippen LogP contribution in [0.25, 0.3) is 0 Å². The lowest BCUT2D eigenvalue weighted by atomic mass is 10.3. The molecule has 0 amide bonds. The zero-order valence-corrected chi connectivity index (χ0v) is 12.7. The van der Waals surface area contributed by atoms with Gasteiger partial charge in [-0.3, -0.25) is 0 Å². The molecule has 1 aromatic carbocycles. The molecule has 98 valence electrons. The fourth-order valence-corrected chi connectivity index (χ4v) is 2.52. The Morgan fingerprint density at radius 2 is 2.05 bits per heavy atom. The van der Waals surface area contributed by atoms with Crippen LogP contribution in [0, 0.1) is 0 Å². The number of rotatable bonds is 3. The molecule has 2 rings (SSSR count). The predicted octanol–water partition coefficient (Wildman–Crippen LogP) is 3.49. The number of ether oxygens (including phenoxy) is 1. The van der Waals surface area contributed by atoms with Crippen molar-refractivity contribution in [3.05, 3.63) is 51.2 Å². The fourth-order valence-electron chi connectivity index (χ4n) is 1.39. The molecule has 0 radical (unpaired) electrons. The van der Waals surface area contributed by atoms with E-state index < -0.39 is 0 Å². The Kier molecular flexibility index (Phi) is 4.39. The maximum absolute atomic E-state index is 8.72. The Bertz CT molecular complexity index is 632. The van der Waals surface area contributed by atoms with E-state index in [9.17, 15) is 0 Å². The third kappa shape index (κ3) is 3.24. The highest BCUT2D eigenvalue weighted by Gasteiger charge is 2.12. The molecule has 0 atom stereocenters. The summed E-state index contributed by atoms with van der Waals surface area (Å²) < 4.78 is 7.42. The number of amidine groups is 1. The molecule has 7 heteroatoms. The number of pyridine rings is 1. The summed E-state index contributed by atoms with van der Waals surface area (Å²) in [5.74, 6) is 0.896. The molecule has 5 nitrogen and oxygen atoms in total. The number of nitrogens with zero attached hydrogens (tertiary/aromatic N) is 2. The highest BCUT2D eigenvalue weighted by atomic mass is 79.9. The minimum atomic E-state index is -0.108. The lowest BCUT2D eigenvalue weighted by Gasteiger charge is -2.10. The van der Waals surface area contributed by atoms with Crippen molar-refractivity contribution in [2.24, 2.45) is 10.9 Å². The quantitative estimate of drug-likeness (QED) is 0.366. The lowest BCUT2D eigenvalue weighted by molar-refractivity contribution is 0.318. The highest BCUT2D eigenvalue weighted by Crippen LogP contribution is 2.32. The molecule has 0 aliphatic carbocycles. The van der Waals surface area contributed by atoms with E-state index in [0.29, 0.717) is 11.5 Å². The Hall–Kier alpha value is -1.60. The summed E-state index contributed by atoms with van der Waals surface area (Å²) in [6.45, 7) is 0. The fraction of sp³-hybridized carbons (Fsp3) is 0. The molecule has 1 heterocycles. The van der Waals surface area contributed by atoms with E-state index in [2.05, 4.69) is 42.0 Å². The van der Waals surface area contributed by atoms with Gasteiger partial charge in [0.25, 0.3) is 0 Å². The molecular weight excluding hydrogens is 378 g/mol. The Morgan fingerprint density at radius 1 is 1.26 bits per heavy atom. The first-order valence-electron chi connectivity index (χ1n) is 5.17. The van der Waals surface area contributed by atoms with E-state index in [-0.39, 0.29) is 11.5 Å². The van der Waals surface area contributed by atoms with Gasteiger partial charge in [0.2, 0.25) is 0 Å². The normalized spacial score (nSPS) is 11.4. The van der Waals surface area contributed by atoms with E-state index in [1.54, 1.807) is 18.2 Å². The van der Waals surface area contributed by atoms with Gasteiger partial charge in [-0.25, -0.2) is 4.98 Å². The molecule has 0 saturated carbocycles. The molecule has 2 aromatic rings. The van der Waals surface area contributed by atoms with Crippen LogP contribution in [0.15, 0.2) is 50.6 Å². The van der Waals surface area contributed by atoms with Gasteiger partial charge in [-0.1, -0.05) is 21.1 Å². The lowest BCUT2D eigenvalue weighted by Crippen LogP contribution is -2.16. The van der Waals surface area contributed by atoms with Crippen LogP contribution in [-0.4, -0.2) is 16.0 Å². The number of aromatic nitrogens is 1. The third-order valence-corrected chi connectivity index (χ3v) is 3.35. The SMILES string of the molecule is N/C(=N/O)c1ncccc1Oc1ccc(Br)cc1Br. The summed E-state index contributed by atoms with van der Waals surface area (Å²) in [7, 11) is 0. The smallest absolute Gasteiger partial charge is 0.192 e. The van der Waals surface area contributed by atoms with Gasteiger partial charge in [0.05, 0.1) is 4.47 Å². The predicted molar refractivity (Wildman–Crippen MR) is 78.7 cm³/mol. The van der Waals surface area contributed by atoms with Crippen LogP contribution in [0.1, 0.15) is 5.69 Å². The van der Waals surface area contributed by atoms with Crippen LogP contribution in [-0.2, 0) is 0 Å². The minimum Gasteiger partial charge on any atom is -0.454 e. The van der Waals surface area contributed by atoms with E-state index in [1.165, 1.54) is 6.20 Å². The third-order valence-electron chi connectivity index (χ3n) is 2.23. The zero-order chi connectivity index (χ0) is 13.8. The Morgan fingerprint density at radius 3 is 2.74 bits per heavy atom. The second kappa shape index (κ2) is 6.03. The molecule has 0 bridgehead atoms. The van der Waals surface area contributed by atoms with Crippen molar-refractivity contribution in [2.75, 3.05) is 0 Å². The maximum Gasteiger partial charge on any atom is 0.192 e. The van der Waals surface area contributed by atoms with Crippen LogP contribution < -0.4 is 10.5 Å². The van der Waals surface area contributed by atoms with E-state index in [1.807, 2.05) is 12.1 Å². The van der Waals surface area contributed by atoms with Crippen molar-refractivity contribution in [2.45, 2.75) is 0 Å². The summed E-state index contributed by atoms with van der Waals surface area (Å²) in [6, 6.07) is 8.89. The number of halogens is 2. The first-order chi connectivity index (χ1) is 9.11. The minimum absolute atomic E-state index is 0.108. The van der Waals surface area contributed by atoms with Crippen molar-refractivity contribution in [1.29, 1.82) is 0 Å². The first-order valence-corrected chi connectivity index (χ1v) is 6.76. The zero-order valence-electron chi connectivity index (χ0n) is 9.55. The summed E-state index contributed by atoms with van der Waals surface area (Å²) >= 11 is 6.76. The Balaban J connectivity index is 2.38. The van der Waals surface area contributed by atoms with Gasteiger partial charge in [0.1, 0.15) is 5.75 Å². The summed E-state index contributed by atoms with van der Waals surface area (Å²) in [4.78, 5) is 4.03. The van der Waals surface area contributed by atoms with Crippen molar-refractivity contribution in [1.82, 2.24) is 4.98 Å². The molecular formula is C12H9Br2N3O2. The van der Waals surface area contributed by atoms with Crippen molar-refractivity contribution >= 4 is 37.7 Å². The summed E-state index contributed by atoms with van der Waals surface area (Å²) in [6.07, 6.45) is 1.54. The molecule has 0 aliphatic heterocycles. The van der Waals surface area contributed by atoms with Gasteiger partial charge in [-0.05, 0) is 46.3 Å². The van der Waals surface area contributed by atoms with Crippen LogP contribution in [0.4, 0.5) is 0 Å². The average molecular weight is 387 g/mol. The topological polar surface area (TPSA) is 80.7 Å². The second-order valence-corrected chi connectivity index (χ2v) is 5.28.